The first-order chi connectivity index (χ1) is 17.9. The number of rotatable bonds is 10. The number of carbonyl (C=O) groups is 1. The molecule has 0 saturated carbocycles. The fourth-order valence-corrected chi connectivity index (χ4v) is 3.60. The van der Waals surface area contributed by atoms with Crippen LogP contribution < -0.4 is 10.5 Å². The summed E-state index contributed by atoms with van der Waals surface area (Å²) in [6.45, 7) is 1.78. The number of ether oxygens (including phenoxy) is 1. The van der Waals surface area contributed by atoms with Crippen LogP contribution in [0.1, 0.15) is 30.4 Å². The van der Waals surface area contributed by atoms with E-state index in [9.17, 15) is 24.6 Å². The maximum atomic E-state index is 13.3. The van der Waals surface area contributed by atoms with E-state index in [-0.39, 0.29) is 17.1 Å². The first kappa shape index (κ1) is 26.9. The van der Waals surface area contributed by atoms with E-state index in [1.54, 1.807) is 61.5 Å². The SMILES string of the molecule is CCC(N)C(O)C(=CC(c1ccc(N=C=O)cc1)c1ccc(N=C=O)cc1)C(=O)Oc1ccc(O)cc1. The molecule has 2 unspecified atom stereocenters. The maximum absolute atomic E-state index is 13.3. The number of nitrogens with zero attached hydrogens (tertiary/aromatic N) is 2. The van der Waals surface area contributed by atoms with Gasteiger partial charge in [0.2, 0.25) is 12.2 Å². The van der Waals surface area contributed by atoms with Gasteiger partial charge in [0.1, 0.15) is 17.6 Å². The van der Waals surface area contributed by atoms with Gasteiger partial charge in [-0.3, -0.25) is 0 Å². The van der Waals surface area contributed by atoms with Crippen LogP contribution in [-0.2, 0) is 14.4 Å². The molecule has 0 aromatic heterocycles. The number of phenols is 1. The zero-order valence-corrected chi connectivity index (χ0v) is 19.9. The molecule has 0 aliphatic rings. The highest BCUT2D eigenvalue weighted by Crippen LogP contribution is 2.31. The lowest BCUT2D eigenvalue weighted by Gasteiger charge is -2.22. The monoisotopic (exact) mass is 499 g/mol. The number of aliphatic hydroxyl groups is 1. The van der Waals surface area contributed by atoms with E-state index in [0.717, 1.165) is 0 Å². The van der Waals surface area contributed by atoms with Crippen molar-refractivity contribution in [3.05, 3.63) is 95.6 Å². The Balaban J connectivity index is 2.12. The van der Waals surface area contributed by atoms with E-state index in [2.05, 4.69) is 9.98 Å². The fourth-order valence-electron chi connectivity index (χ4n) is 3.60. The molecule has 0 bridgehead atoms. The molecule has 9 heteroatoms. The molecular formula is C28H25N3O6. The summed E-state index contributed by atoms with van der Waals surface area (Å²) in [5.74, 6) is -1.19. The van der Waals surface area contributed by atoms with Gasteiger partial charge in [0.25, 0.3) is 0 Å². The van der Waals surface area contributed by atoms with Crippen molar-refractivity contribution in [2.24, 2.45) is 15.7 Å². The molecule has 2 atom stereocenters. The molecule has 188 valence electrons. The Labute approximate surface area is 213 Å². The Morgan fingerprint density at radius 2 is 1.41 bits per heavy atom. The smallest absolute Gasteiger partial charge is 0.341 e. The van der Waals surface area contributed by atoms with E-state index >= 15 is 0 Å². The normalized spacial score (nSPS) is 13.4. The third-order valence-electron chi connectivity index (χ3n) is 5.68. The Kier molecular flexibility index (Phi) is 9.38. The van der Waals surface area contributed by atoms with Crippen molar-refractivity contribution >= 4 is 29.5 Å². The zero-order valence-electron chi connectivity index (χ0n) is 19.9. The molecule has 0 amide bonds. The first-order valence-electron chi connectivity index (χ1n) is 11.4. The number of allylic oxidation sites excluding steroid dienone is 1. The largest absolute Gasteiger partial charge is 0.508 e. The topological polar surface area (TPSA) is 152 Å². The molecule has 0 spiro atoms. The third-order valence-corrected chi connectivity index (χ3v) is 5.68. The molecule has 3 aromatic carbocycles. The van der Waals surface area contributed by atoms with Crippen molar-refractivity contribution in [1.29, 1.82) is 0 Å². The van der Waals surface area contributed by atoms with E-state index < -0.39 is 24.0 Å². The Hall–Kier alpha value is -4.65. The first-order valence-corrected chi connectivity index (χ1v) is 11.4. The Morgan fingerprint density at radius 3 is 1.84 bits per heavy atom. The average Bonchev–Trinajstić information content (AvgIpc) is 2.91. The van der Waals surface area contributed by atoms with Crippen LogP contribution >= 0.6 is 0 Å². The van der Waals surface area contributed by atoms with Crippen molar-refractivity contribution in [3.63, 3.8) is 0 Å². The number of aromatic hydroxyl groups is 1. The van der Waals surface area contributed by atoms with E-state index in [4.69, 9.17) is 10.5 Å². The molecule has 37 heavy (non-hydrogen) atoms. The van der Waals surface area contributed by atoms with Crippen molar-refractivity contribution < 1.29 is 29.3 Å². The van der Waals surface area contributed by atoms with Gasteiger partial charge in [-0.1, -0.05) is 37.3 Å². The third kappa shape index (κ3) is 7.18. The average molecular weight is 500 g/mol. The van der Waals surface area contributed by atoms with Gasteiger partial charge in [-0.15, -0.1) is 0 Å². The van der Waals surface area contributed by atoms with Gasteiger partial charge < -0.3 is 20.7 Å². The van der Waals surface area contributed by atoms with Gasteiger partial charge >= 0.3 is 5.97 Å². The minimum absolute atomic E-state index is 0.00777. The molecular weight excluding hydrogens is 474 g/mol. The minimum Gasteiger partial charge on any atom is -0.508 e. The summed E-state index contributed by atoms with van der Waals surface area (Å²) in [6.07, 6.45) is 3.60. The van der Waals surface area contributed by atoms with Crippen LogP contribution in [0.4, 0.5) is 11.4 Å². The van der Waals surface area contributed by atoms with Crippen molar-refractivity contribution in [2.75, 3.05) is 0 Å². The van der Waals surface area contributed by atoms with Crippen molar-refractivity contribution in [3.8, 4) is 11.5 Å². The predicted octanol–water partition coefficient (Wildman–Crippen LogP) is 4.09. The number of nitrogens with two attached hydrogens (primary N) is 1. The van der Waals surface area contributed by atoms with Gasteiger partial charge in [0.15, 0.2) is 0 Å². The van der Waals surface area contributed by atoms with Crippen LogP contribution in [-0.4, -0.2) is 40.5 Å². The Bertz CT molecular complexity index is 1280. The maximum Gasteiger partial charge on any atom is 0.341 e. The van der Waals surface area contributed by atoms with Gasteiger partial charge in [0.05, 0.1) is 16.9 Å². The van der Waals surface area contributed by atoms with E-state index in [1.807, 2.05) is 0 Å². The van der Waals surface area contributed by atoms with Gasteiger partial charge in [-0.25, -0.2) is 14.4 Å². The predicted molar refractivity (Wildman–Crippen MR) is 136 cm³/mol. The number of isocyanates is 2. The molecule has 0 radical (unpaired) electrons. The molecule has 0 fully saturated rings. The molecule has 9 nitrogen and oxygen atoms in total. The number of aliphatic imine (C=N–C) groups is 2. The lowest BCUT2D eigenvalue weighted by molar-refractivity contribution is -0.131. The van der Waals surface area contributed by atoms with Crippen LogP contribution in [0.5, 0.6) is 11.5 Å². The lowest BCUT2D eigenvalue weighted by atomic mass is 9.87. The molecule has 0 heterocycles. The summed E-state index contributed by atoms with van der Waals surface area (Å²) >= 11 is 0. The van der Waals surface area contributed by atoms with Gasteiger partial charge in [-0.05, 0) is 66.1 Å². The number of phenolic OH excluding ortho intramolecular Hbond substituents is 1. The van der Waals surface area contributed by atoms with Gasteiger partial charge in [-0.2, -0.15) is 9.98 Å². The second-order valence-corrected chi connectivity index (χ2v) is 8.09. The highest BCUT2D eigenvalue weighted by molar-refractivity contribution is 5.91. The molecule has 3 rings (SSSR count). The molecule has 0 aliphatic heterocycles. The van der Waals surface area contributed by atoms with E-state index in [1.165, 1.54) is 36.4 Å². The van der Waals surface area contributed by atoms with Gasteiger partial charge in [0, 0.05) is 12.0 Å². The summed E-state index contributed by atoms with van der Waals surface area (Å²) in [4.78, 5) is 41.7. The highest BCUT2D eigenvalue weighted by atomic mass is 16.5. The summed E-state index contributed by atoms with van der Waals surface area (Å²) in [6, 6.07) is 18.2. The number of hydrogen-bond donors (Lipinski definition) is 3. The number of esters is 1. The zero-order chi connectivity index (χ0) is 26.8. The number of hydrogen-bond acceptors (Lipinski definition) is 9. The number of benzene rings is 3. The Morgan fingerprint density at radius 1 is 0.919 bits per heavy atom. The van der Waals surface area contributed by atoms with Crippen LogP contribution in [0.25, 0.3) is 0 Å². The quantitative estimate of drug-likeness (QED) is 0.125. The molecule has 4 N–H and O–H groups in total. The molecule has 3 aromatic rings. The van der Waals surface area contributed by atoms with Crippen LogP contribution in [0.3, 0.4) is 0 Å². The van der Waals surface area contributed by atoms with Crippen LogP contribution in [0.2, 0.25) is 0 Å². The second kappa shape index (κ2) is 12.9. The fraction of sp³-hybridized carbons (Fsp3) is 0.179. The minimum atomic E-state index is -1.34. The van der Waals surface area contributed by atoms with Crippen molar-refractivity contribution in [2.45, 2.75) is 31.4 Å². The number of carbonyl (C=O) groups excluding carboxylic acids is 3. The summed E-state index contributed by atoms with van der Waals surface area (Å²) in [5, 5.41) is 20.5. The number of aliphatic hydroxyl groups excluding tert-OH is 1. The second-order valence-electron chi connectivity index (χ2n) is 8.09. The summed E-state index contributed by atoms with van der Waals surface area (Å²) in [5.41, 5.74) is 8.26. The molecule has 0 aliphatic carbocycles. The summed E-state index contributed by atoms with van der Waals surface area (Å²) in [7, 11) is 0. The van der Waals surface area contributed by atoms with Crippen LogP contribution in [0, 0.1) is 0 Å². The highest BCUT2D eigenvalue weighted by Gasteiger charge is 2.28. The van der Waals surface area contributed by atoms with E-state index in [0.29, 0.717) is 28.9 Å². The molecule has 0 saturated heterocycles. The summed E-state index contributed by atoms with van der Waals surface area (Å²) < 4.78 is 5.47. The standard InChI is InChI=1S/C28H25N3O6/c1-2-26(29)27(35)25(28(36)37-23-13-11-22(34)12-14-23)15-24(18-3-7-20(8-4-18)30-16-32)19-5-9-21(10-6-19)31-17-33/h3-15,24,26-27,34-35H,2,29H2,1H3. The lowest BCUT2D eigenvalue weighted by Crippen LogP contribution is -2.38. The van der Waals surface area contributed by atoms with Crippen molar-refractivity contribution in [1.82, 2.24) is 0 Å². The van der Waals surface area contributed by atoms with Crippen LogP contribution in [0.15, 0.2) is 94.4 Å².